The second kappa shape index (κ2) is 17.5. The second-order valence-electron chi connectivity index (χ2n) is 9.23. The highest BCUT2D eigenvalue weighted by atomic mass is 16.7. The molecule has 1 fully saturated rings. The van der Waals surface area contributed by atoms with Crippen LogP contribution in [0.3, 0.4) is 0 Å². The first-order chi connectivity index (χ1) is 20.8. The zero-order valence-electron chi connectivity index (χ0n) is 23.7. The molecule has 0 radical (unpaired) electrons. The minimum absolute atomic E-state index is 0.0284. The van der Waals surface area contributed by atoms with Crippen LogP contribution in [-0.4, -0.2) is 79.3 Å². The fourth-order valence-corrected chi connectivity index (χ4v) is 4.08. The highest BCUT2D eigenvalue weighted by Crippen LogP contribution is 2.30. The zero-order chi connectivity index (χ0) is 31.0. The summed E-state index contributed by atoms with van der Waals surface area (Å²) in [5.74, 6) is -1.37. The molecule has 0 aliphatic carbocycles. The second-order valence-corrected chi connectivity index (χ2v) is 9.23. The number of phenolic OH excluding ortho intramolecular Hbond substituents is 2. The fraction of sp³-hybridized carbons (Fsp3) is 0.273. The monoisotopic (exact) mass is 592 g/mol. The van der Waals surface area contributed by atoms with E-state index in [4.69, 9.17) is 28.4 Å². The number of ether oxygens (including phenoxy) is 6. The summed E-state index contributed by atoms with van der Waals surface area (Å²) in [6.45, 7) is 11.5. The van der Waals surface area contributed by atoms with Crippen LogP contribution in [0.25, 0.3) is 12.2 Å². The summed E-state index contributed by atoms with van der Waals surface area (Å²) < 4.78 is 35.2. The Kier molecular flexibility index (Phi) is 13.4. The lowest BCUT2D eigenvalue weighted by Gasteiger charge is -2.44. The molecule has 2 N–H and O–H groups in total. The van der Waals surface area contributed by atoms with Crippen LogP contribution >= 0.6 is 0 Å². The van der Waals surface area contributed by atoms with E-state index in [-0.39, 0.29) is 37.9 Å². The summed E-state index contributed by atoms with van der Waals surface area (Å²) in [7, 11) is 0. The highest BCUT2D eigenvalue weighted by molar-refractivity contribution is 5.88. The van der Waals surface area contributed by atoms with E-state index in [1.54, 1.807) is 36.4 Å². The van der Waals surface area contributed by atoms with Gasteiger partial charge in [-0.2, -0.15) is 0 Å². The Morgan fingerprint density at radius 1 is 0.698 bits per heavy atom. The van der Waals surface area contributed by atoms with Gasteiger partial charge in [0.1, 0.15) is 29.8 Å². The summed E-state index contributed by atoms with van der Waals surface area (Å²) in [4.78, 5) is 25.9. The number of benzene rings is 2. The van der Waals surface area contributed by atoms with Gasteiger partial charge < -0.3 is 38.6 Å². The normalized spacial score (nSPS) is 21.8. The molecule has 2 aromatic carbocycles. The molecule has 0 unspecified atom stereocenters. The summed E-state index contributed by atoms with van der Waals surface area (Å²) in [5.41, 5.74) is 1.28. The Morgan fingerprint density at radius 3 is 1.70 bits per heavy atom. The van der Waals surface area contributed by atoms with Crippen LogP contribution < -0.4 is 0 Å². The van der Waals surface area contributed by atoms with Crippen molar-refractivity contribution in [2.24, 2.45) is 0 Å². The van der Waals surface area contributed by atoms with E-state index in [2.05, 4.69) is 19.7 Å². The van der Waals surface area contributed by atoms with Gasteiger partial charge in [0.2, 0.25) is 6.29 Å². The molecule has 2 aromatic rings. The molecule has 3 rings (SSSR count). The van der Waals surface area contributed by atoms with E-state index in [1.165, 1.54) is 54.6 Å². The van der Waals surface area contributed by atoms with Gasteiger partial charge >= 0.3 is 11.9 Å². The van der Waals surface area contributed by atoms with Crippen LogP contribution in [0, 0.1) is 0 Å². The minimum atomic E-state index is -1.40. The van der Waals surface area contributed by atoms with Gasteiger partial charge in [-0.1, -0.05) is 42.5 Å². The molecule has 0 aromatic heterocycles. The molecule has 10 heteroatoms. The summed E-state index contributed by atoms with van der Waals surface area (Å²) >= 11 is 0. The molecule has 5 atom stereocenters. The molecule has 1 saturated heterocycles. The lowest BCUT2D eigenvalue weighted by molar-refractivity contribution is -0.305. The SMILES string of the molecule is C=CCOC[C@H]1O[C@@H](OC(=O)/C=C/c2ccc(O)cc2)[C@H](OC(=O)/C=C/c2ccc(O)cc2)[C@@H](OCC=C)[C@@H]1OCC=C. The first-order valence-corrected chi connectivity index (χ1v) is 13.5. The van der Waals surface area contributed by atoms with Crippen molar-refractivity contribution in [1.29, 1.82) is 0 Å². The van der Waals surface area contributed by atoms with Gasteiger partial charge in [-0.05, 0) is 47.5 Å². The molecule has 1 aliphatic rings. The quantitative estimate of drug-likeness (QED) is 0.126. The number of carbonyl (C=O) groups excluding carboxylic acids is 2. The van der Waals surface area contributed by atoms with E-state index < -0.39 is 42.6 Å². The lowest BCUT2D eigenvalue weighted by atomic mass is 9.98. The molecule has 0 bridgehead atoms. The molecule has 1 aliphatic heterocycles. The van der Waals surface area contributed by atoms with E-state index >= 15 is 0 Å². The number of carbonyl (C=O) groups is 2. The number of rotatable bonds is 16. The van der Waals surface area contributed by atoms with E-state index in [0.717, 1.165) is 0 Å². The Labute approximate surface area is 250 Å². The maximum atomic E-state index is 13.0. The van der Waals surface area contributed by atoms with Crippen LogP contribution in [0.2, 0.25) is 0 Å². The number of esters is 2. The van der Waals surface area contributed by atoms with Crippen LogP contribution in [0.15, 0.2) is 98.6 Å². The van der Waals surface area contributed by atoms with Gasteiger partial charge in [-0.25, -0.2) is 9.59 Å². The topological polar surface area (TPSA) is 130 Å². The molecular formula is C33H36O10. The molecule has 0 amide bonds. The Hall–Kier alpha value is -4.48. The van der Waals surface area contributed by atoms with Crippen molar-refractivity contribution in [3.63, 3.8) is 0 Å². The molecule has 228 valence electrons. The van der Waals surface area contributed by atoms with Gasteiger partial charge in [0.05, 0.1) is 26.4 Å². The van der Waals surface area contributed by atoms with E-state index in [0.29, 0.717) is 11.1 Å². The Morgan fingerprint density at radius 2 is 1.19 bits per heavy atom. The highest BCUT2D eigenvalue weighted by Gasteiger charge is 2.51. The van der Waals surface area contributed by atoms with Gasteiger partial charge in [0.15, 0.2) is 6.10 Å². The van der Waals surface area contributed by atoms with Crippen LogP contribution in [-0.2, 0) is 38.0 Å². The number of aromatic hydroxyl groups is 2. The standard InChI is InChI=1S/C33H36O10/c1-4-19-38-22-27-30(39-20-5-2)31(40-21-6-3)32(42-28(36)17-11-23-7-13-25(34)14-8-23)33(41-27)43-29(37)18-12-24-9-15-26(35)16-10-24/h4-18,27,30-35H,1-3,19-22H2/b17-11+,18-12+/t27-,30-,31+,32-,33+/m1/s1. The van der Waals surface area contributed by atoms with Crippen molar-refractivity contribution in [1.82, 2.24) is 0 Å². The van der Waals surface area contributed by atoms with Gasteiger partial charge in [-0.15, -0.1) is 19.7 Å². The van der Waals surface area contributed by atoms with Crippen LogP contribution in [0.1, 0.15) is 11.1 Å². The average Bonchev–Trinajstić information content (AvgIpc) is 3.00. The summed E-state index contributed by atoms with van der Waals surface area (Å²) in [5, 5.41) is 19.0. The smallest absolute Gasteiger partial charge is 0.333 e. The third-order valence-corrected chi connectivity index (χ3v) is 6.02. The maximum absolute atomic E-state index is 13.0. The van der Waals surface area contributed by atoms with Crippen molar-refractivity contribution in [3.05, 3.63) is 110 Å². The average molecular weight is 593 g/mol. The van der Waals surface area contributed by atoms with Crippen molar-refractivity contribution in [3.8, 4) is 11.5 Å². The Bertz CT molecular complexity index is 1270. The van der Waals surface area contributed by atoms with Crippen molar-refractivity contribution < 1.29 is 48.2 Å². The van der Waals surface area contributed by atoms with Crippen LogP contribution in [0.5, 0.6) is 11.5 Å². The van der Waals surface area contributed by atoms with Crippen molar-refractivity contribution in [2.75, 3.05) is 26.4 Å². The lowest BCUT2D eigenvalue weighted by Crippen LogP contribution is -2.62. The number of hydrogen-bond acceptors (Lipinski definition) is 10. The first kappa shape index (κ1) is 33.0. The molecule has 43 heavy (non-hydrogen) atoms. The van der Waals surface area contributed by atoms with E-state index in [1.807, 2.05) is 0 Å². The molecule has 1 heterocycles. The summed E-state index contributed by atoms with van der Waals surface area (Å²) in [6, 6.07) is 12.4. The molecule has 0 spiro atoms. The third kappa shape index (κ3) is 10.7. The fourth-order valence-electron chi connectivity index (χ4n) is 4.08. The third-order valence-electron chi connectivity index (χ3n) is 6.02. The van der Waals surface area contributed by atoms with Gasteiger partial charge in [-0.3, -0.25) is 0 Å². The molecule has 0 saturated carbocycles. The van der Waals surface area contributed by atoms with E-state index in [9.17, 15) is 19.8 Å². The first-order valence-electron chi connectivity index (χ1n) is 13.5. The predicted molar refractivity (Wildman–Crippen MR) is 160 cm³/mol. The van der Waals surface area contributed by atoms with Gasteiger partial charge in [0.25, 0.3) is 0 Å². The number of hydrogen-bond donors (Lipinski definition) is 2. The van der Waals surface area contributed by atoms with Crippen LogP contribution in [0.4, 0.5) is 0 Å². The molecule has 10 nitrogen and oxygen atoms in total. The van der Waals surface area contributed by atoms with Crippen molar-refractivity contribution >= 4 is 24.1 Å². The molecular weight excluding hydrogens is 556 g/mol. The minimum Gasteiger partial charge on any atom is -0.508 e. The zero-order valence-corrected chi connectivity index (χ0v) is 23.7. The van der Waals surface area contributed by atoms with Crippen molar-refractivity contribution in [2.45, 2.75) is 30.7 Å². The van der Waals surface area contributed by atoms with Gasteiger partial charge in [0, 0.05) is 12.2 Å². The maximum Gasteiger partial charge on any atom is 0.333 e. The number of phenols is 2. The Balaban J connectivity index is 1.90. The predicted octanol–water partition coefficient (Wildman–Crippen LogP) is 4.35. The summed E-state index contributed by atoms with van der Waals surface area (Å²) in [6.07, 6.45) is 4.79. The largest absolute Gasteiger partial charge is 0.508 e.